The van der Waals surface area contributed by atoms with Crippen LogP contribution in [-0.4, -0.2) is 45.6 Å². The lowest BCUT2D eigenvalue weighted by atomic mass is 10.3. The SMILES string of the molecule is c1cn(CCCCN2CCSCC2)cn1. The van der Waals surface area contributed by atoms with Crippen molar-refractivity contribution in [2.45, 2.75) is 19.4 Å². The molecule has 1 saturated heterocycles. The number of unbranched alkanes of at least 4 members (excludes halogenated alkanes) is 1. The highest BCUT2D eigenvalue weighted by atomic mass is 32.2. The molecule has 2 rings (SSSR count). The maximum absolute atomic E-state index is 4.04. The molecule has 0 saturated carbocycles. The number of aryl methyl sites for hydroxylation is 1. The Labute approximate surface area is 95.9 Å². The van der Waals surface area contributed by atoms with Crippen molar-refractivity contribution in [2.75, 3.05) is 31.1 Å². The summed E-state index contributed by atoms with van der Waals surface area (Å²) in [6, 6.07) is 0. The van der Waals surface area contributed by atoms with E-state index in [0.29, 0.717) is 0 Å². The van der Waals surface area contributed by atoms with E-state index in [0.717, 1.165) is 6.54 Å². The van der Waals surface area contributed by atoms with Gasteiger partial charge >= 0.3 is 0 Å². The van der Waals surface area contributed by atoms with Crippen molar-refractivity contribution >= 4 is 11.8 Å². The smallest absolute Gasteiger partial charge is 0.0945 e. The highest BCUT2D eigenvalue weighted by molar-refractivity contribution is 7.99. The fourth-order valence-corrected chi connectivity index (χ4v) is 2.85. The summed E-state index contributed by atoms with van der Waals surface area (Å²) in [6.45, 7) is 4.96. The molecule has 1 fully saturated rings. The van der Waals surface area contributed by atoms with Crippen molar-refractivity contribution in [1.82, 2.24) is 14.5 Å². The number of thioether (sulfide) groups is 1. The number of rotatable bonds is 5. The first-order valence-corrected chi connectivity index (χ1v) is 6.86. The molecule has 1 aliphatic heterocycles. The van der Waals surface area contributed by atoms with Gasteiger partial charge in [-0.2, -0.15) is 11.8 Å². The zero-order chi connectivity index (χ0) is 10.3. The molecule has 0 N–H and O–H groups in total. The molecule has 15 heavy (non-hydrogen) atoms. The molecule has 1 aromatic rings. The summed E-state index contributed by atoms with van der Waals surface area (Å²) >= 11 is 2.08. The van der Waals surface area contributed by atoms with Gasteiger partial charge in [0.05, 0.1) is 6.33 Å². The van der Waals surface area contributed by atoms with E-state index in [9.17, 15) is 0 Å². The molecular weight excluding hydrogens is 206 g/mol. The molecule has 0 atom stereocenters. The monoisotopic (exact) mass is 225 g/mol. The van der Waals surface area contributed by atoms with Crippen LogP contribution in [0, 0.1) is 0 Å². The Morgan fingerprint density at radius 2 is 1.93 bits per heavy atom. The first kappa shape index (κ1) is 11.0. The van der Waals surface area contributed by atoms with E-state index in [2.05, 4.69) is 26.2 Å². The highest BCUT2D eigenvalue weighted by Gasteiger charge is 2.08. The van der Waals surface area contributed by atoms with E-state index >= 15 is 0 Å². The van der Waals surface area contributed by atoms with E-state index in [4.69, 9.17) is 0 Å². The van der Waals surface area contributed by atoms with Crippen molar-refractivity contribution in [3.05, 3.63) is 18.7 Å². The van der Waals surface area contributed by atoms with Crippen LogP contribution in [0.25, 0.3) is 0 Å². The molecule has 0 aliphatic carbocycles. The van der Waals surface area contributed by atoms with Gasteiger partial charge in [-0.05, 0) is 19.4 Å². The Morgan fingerprint density at radius 3 is 2.67 bits per heavy atom. The van der Waals surface area contributed by atoms with E-state index in [1.54, 1.807) is 0 Å². The second-order valence-electron chi connectivity index (χ2n) is 3.96. The molecule has 0 unspecified atom stereocenters. The average Bonchev–Trinajstić information content (AvgIpc) is 2.79. The van der Waals surface area contributed by atoms with E-state index < -0.39 is 0 Å². The number of hydrogen-bond donors (Lipinski definition) is 0. The van der Waals surface area contributed by atoms with Gasteiger partial charge in [0.2, 0.25) is 0 Å². The van der Waals surface area contributed by atoms with Crippen LogP contribution < -0.4 is 0 Å². The Hall–Kier alpha value is -0.480. The zero-order valence-corrected chi connectivity index (χ0v) is 9.96. The fraction of sp³-hybridized carbons (Fsp3) is 0.727. The van der Waals surface area contributed by atoms with Gasteiger partial charge in [0.15, 0.2) is 0 Å². The molecule has 1 aromatic heterocycles. The van der Waals surface area contributed by atoms with Crippen LogP contribution in [0.15, 0.2) is 18.7 Å². The van der Waals surface area contributed by atoms with Gasteiger partial charge < -0.3 is 9.47 Å². The lowest BCUT2D eigenvalue weighted by Gasteiger charge is -2.25. The third-order valence-electron chi connectivity index (χ3n) is 2.80. The maximum atomic E-state index is 4.04. The second kappa shape index (κ2) is 6.18. The number of nitrogens with zero attached hydrogens (tertiary/aromatic N) is 3. The highest BCUT2D eigenvalue weighted by Crippen LogP contribution is 2.09. The van der Waals surface area contributed by atoms with Crippen molar-refractivity contribution in [3.8, 4) is 0 Å². The van der Waals surface area contributed by atoms with Crippen LogP contribution in [0.1, 0.15) is 12.8 Å². The quantitative estimate of drug-likeness (QED) is 0.712. The molecule has 2 heterocycles. The van der Waals surface area contributed by atoms with Crippen molar-refractivity contribution in [1.29, 1.82) is 0 Å². The summed E-state index contributed by atoms with van der Waals surface area (Å²) in [5.74, 6) is 2.64. The standard InChI is InChI=1S/C11H19N3S/c1(2-5-14-6-3-12-11-14)4-13-7-9-15-10-8-13/h3,6,11H,1-2,4-5,7-10H2. The first-order valence-electron chi connectivity index (χ1n) is 5.71. The summed E-state index contributed by atoms with van der Waals surface area (Å²) < 4.78 is 2.16. The van der Waals surface area contributed by atoms with Crippen LogP contribution in [0.4, 0.5) is 0 Å². The molecule has 4 heteroatoms. The van der Waals surface area contributed by atoms with E-state index in [1.165, 1.54) is 44.0 Å². The van der Waals surface area contributed by atoms with Crippen LogP contribution in [0.5, 0.6) is 0 Å². The summed E-state index contributed by atoms with van der Waals surface area (Å²) in [4.78, 5) is 6.63. The van der Waals surface area contributed by atoms with Crippen molar-refractivity contribution < 1.29 is 0 Å². The summed E-state index contributed by atoms with van der Waals surface area (Å²) in [5, 5.41) is 0. The van der Waals surface area contributed by atoms with Gasteiger partial charge in [-0.15, -0.1) is 0 Å². The number of imidazole rings is 1. The van der Waals surface area contributed by atoms with Crippen LogP contribution >= 0.6 is 11.8 Å². The molecule has 0 spiro atoms. The molecule has 0 amide bonds. The normalized spacial score (nSPS) is 18.1. The van der Waals surface area contributed by atoms with Gasteiger partial charge in [0, 0.05) is 43.5 Å². The Morgan fingerprint density at radius 1 is 1.13 bits per heavy atom. The summed E-state index contributed by atoms with van der Waals surface area (Å²) in [5.41, 5.74) is 0. The molecule has 0 aromatic carbocycles. The summed E-state index contributed by atoms with van der Waals surface area (Å²) in [6.07, 6.45) is 8.36. The van der Waals surface area contributed by atoms with Gasteiger partial charge in [-0.25, -0.2) is 4.98 Å². The predicted octanol–water partition coefficient (Wildman–Crippen LogP) is 1.71. The predicted molar refractivity (Wildman–Crippen MR) is 65.2 cm³/mol. The molecule has 84 valence electrons. The largest absolute Gasteiger partial charge is 0.337 e. The third kappa shape index (κ3) is 3.87. The van der Waals surface area contributed by atoms with Crippen molar-refractivity contribution in [3.63, 3.8) is 0 Å². The zero-order valence-electron chi connectivity index (χ0n) is 9.14. The minimum atomic E-state index is 1.11. The van der Waals surface area contributed by atoms with Crippen LogP contribution in [0.3, 0.4) is 0 Å². The Bertz CT molecular complexity index is 255. The van der Waals surface area contributed by atoms with Crippen molar-refractivity contribution in [2.24, 2.45) is 0 Å². The fourth-order valence-electron chi connectivity index (χ4n) is 1.87. The lowest BCUT2D eigenvalue weighted by Crippen LogP contribution is -2.33. The number of aromatic nitrogens is 2. The van der Waals surface area contributed by atoms with Crippen LogP contribution in [-0.2, 0) is 6.54 Å². The van der Waals surface area contributed by atoms with Gasteiger partial charge in [-0.3, -0.25) is 0 Å². The third-order valence-corrected chi connectivity index (χ3v) is 3.75. The molecular formula is C11H19N3S. The molecule has 0 bridgehead atoms. The average molecular weight is 225 g/mol. The van der Waals surface area contributed by atoms with Gasteiger partial charge in [0.25, 0.3) is 0 Å². The molecule has 1 aliphatic rings. The van der Waals surface area contributed by atoms with Crippen LogP contribution in [0.2, 0.25) is 0 Å². The van der Waals surface area contributed by atoms with E-state index in [1.807, 2.05) is 18.7 Å². The van der Waals surface area contributed by atoms with Gasteiger partial charge in [0.1, 0.15) is 0 Å². The lowest BCUT2D eigenvalue weighted by molar-refractivity contribution is 0.293. The topological polar surface area (TPSA) is 21.1 Å². The first-order chi connectivity index (χ1) is 7.45. The maximum Gasteiger partial charge on any atom is 0.0945 e. The Kier molecular flexibility index (Phi) is 4.54. The van der Waals surface area contributed by atoms with E-state index in [-0.39, 0.29) is 0 Å². The molecule has 0 radical (unpaired) electrons. The number of hydrogen-bond acceptors (Lipinski definition) is 3. The second-order valence-corrected chi connectivity index (χ2v) is 5.19. The van der Waals surface area contributed by atoms with Gasteiger partial charge in [-0.1, -0.05) is 0 Å². The Balaban J connectivity index is 1.54. The minimum absolute atomic E-state index is 1.11. The molecule has 3 nitrogen and oxygen atoms in total. The minimum Gasteiger partial charge on any atom is -0.337 e. The summed E-state index contributed by atoms with van der Waals surface area (Å²) in [7, 11) is 0.